The van der Waals surface area contributed by atoms with E-state index in [0.29, 0.717) is 6.54 Å². The van der Waals surface area contributed by atoms with Crippen molar-refractivity contribution >= 4 is 9.84 Å². The van der Waals surface area contributed by atoms with E-state index in [1.54, 1.807) is 0 Å². The summed E-state index contributed by atoms with van der Waals surface area (Å²) in [5.74, 6) is 0. The van der Waals surface area contributed by atoms with Gasteiger partial charge in [0.15, 0.2) is 14.9 Å². The van der Waals surface area contributed by atoms with Crippen LogP contribution in [0.3, 0.4) is 0 Å². The number of piperidine rings is 1. The van der Waals surface area contributed by atoms with Gasteiger partial charge in [-0.15, -0.1) is 0 Å². The quantitative estimate of drug-likeness (QED) is 0.867. The van der Waals surface area contributed by atoms with Crippen LogP contribution < -0.4 is 5.32 Å². The van der Waals surface area contributed by atoms with E-state index in [1.165, 1.54) is 38.6 Å². The average Bonchev–Trinajstić information content (AvgIpc) is 2.88. The van der Waals surface area contributed by atoms with E-state index >= 15 is 0 Å². The highest BCUT2D eigenvalue weighted by Gasteiger charge is 2.26. The Kier molecular flexibility index (Phi) is 4.84. The van der Waals surface area contributed by atoms with Gasteiger partial charge in [-0.25, -0.2) is 8.42 Å². The maximum Gasteiger partial charge on any atom is 0.194 e. The van der Waals surface area contributed by atoms with Crippen LogP contribution in [0.5, 0.6) is 0 Å². The lowest BCUT2D eigenvalue weighted by Crippen LogP contribution is -2.31. The summed E-state index contributed by atoms with van der Waals surface area (Å²) in [7, 11) is -3.25. The zero-order chi connectivity index (χ0) is 15.6. The molecule has 1 fully saturated rings. The molecule has 0 amide bonds. The first-order valence-corrected chi connectivity index (χ1v) is 10.2. The van der Waals surface area contributed by atoms with Crippen molar-refractivity contribution in [3.63, 3.8) is 0 Å². The highest BCUT2D eigenvalue weighted by atomic mass is 32.2. The highest BCUT2D eigenvalue weighted by molar-refractivity contribution is 7.90. The van der Waals surface area contributed by atoms with Crippen LogP contribution in [0.4, 0.5) is 0 Å². The number of aromatic nitrogens is 2. The Morgan fingerprint density at radius 2 is 1.95 bits per heavy atom. The molecular formula is C15H26N4O2S. The van der Waals surface area contributed by atoms with Crippen molar-refractivity contribution in [2.45, 2.75) is 50.2 Å². The van der Waals surface area contributed by atoms with Gasteiger partial charge in [-0.05, 0) is 38.9 Å². The zero-order valence-electron chi connectivity index (χ0n) is 13.3. The number of nitrogens with zero attached hydrogens (tertiary/aromatic N) is 3. The predicted octanol–water partition coefficient (Wildman–Crippen LogP) is 0.808. The van der Waals surface area contributed by atoms with Crippen molar-refractivity contribution in [2.24, 2.45) is 0 Å². The van der Waals surface area contributed by atoms with Gasteiger partial charge in [0.2, 0.25) is 0 Å². The molecule has 0 bridgehead atoms. The maximum atomic E-state index is 11.9. The molecule has 3 heterocycles. The first-order valence-electron chi connectivity index (χ1n) is 8.27. The number of likely N-dealkylation sites (tertiary alicyclic amines) is 1. The van der Waals surface area contributed by atoms with Crippen molar-refractivity contribution in [2.75, 3.05) is 32.4 Å². The number of nitrogens with one attached hydrogen (secondary N) is 1. The Balaban J connectivity index is 1.69. The summed E-state index contributed by atoms with van der Waals surface area (Å²) in [6.45, 7) is 5.82. The largest absolute Gasteiger partial charge is 0.312 e. The van der Waals surface area contributed by atoms with Crippen LogP contribution in [0.2, 0.25) is 0 Å². The number of aryl methyl sites for hydroxylation is 1. The summed E-state index contributed by atoms with van der Waals surface area (Å²) in [5.41, 5.74) is 1.99. The first-order chi connectivity index (χ1) is 10.6. The number of rotatable bonds is 5. The van der Waals surface area contributed by atoms with Gasteiger partial charge in [0.25, 0.3) is 0 Å². The number of hydrogen-bond donors (Lipinski definition) is 1. The lowest BCUT2D eigenvalue weighted by molar-refractivity contribution is 0.221. The zero-order valence-corrected chi connectivity index (χ0v) is 14.2. The molecule has 2 aliphatic heterocycles. The summed E-state index contributed by atoms with van der Waals surface area (Å²) in [6.07, 6.45) is 7.12. The molecule has 0 unspecified atom stereocenters. The second-order valence-corrected chi connectivity index (χ2v) is 8.34. The van der Waals surface area contributed by atoms with E-state index in [4.69, 9.17) is 0 Å². The average molecular weight is 326 g/mol. The molecule has 1 saturated heterocycles. The molecule has 0 atom stereocenters. The van der Waals surface area contributed by atoms with Crippen molar-refractivity contribution < 1.29 is 8.42 Å². The van der Waals surface area contributed by atoms with Crippen molar-refractivity contribution in [1.82, 2.24) is 20.0 Å². The lowest BCUT2D eigenvalue weighted by atomic mass is 10.1. The Morgan fingerprint density at radius 3 is 2.68 bits per heavy atom. The lowest BCUT2D eigenvalue weighted by Gasteiger charge is -2.26. The normalized spacial score (nSPS) is 20.0. The number of hydrogen-bond acceptors (Lipinski definition) is 5. The molecule has 6 nitrogen and oxygen atoms in total. The van der Waals surface area contributed by atoms with Gasteiger partial charge in [0.1, 0.15) is 0 Å². The third-order valence-electron chi connectivity index (χ3n) is 4.61. The number of fused-ring (bicyclic) bond motifs is 1. The second-order valence-electron chi connectivity index (χ2n) is 6.41. The molecule has 124 valence electrons. The Hall–Kier alpha value is -0.920. The van der Waals surface area contributed by atoms with E-state index < -0.39 is 9.84 Å². The van der Waals surface area contributed by atoms with Crippen LogP contribution in [-0.4, -0.2) is 55.5 Å². The van der Waals surface area contributed by atoms with Crippen molar-refractivity contribution in [3.05, 3.63) is 11.3 Å². The van der Waals surface area contributed by atoms with E-state index in [0.717, 1.165) is 43.7 Å². The summed E-state index contributed by atoms with van der Waals surface area (Å²) in [5, 5.41) is 7.94. The summed E-state index contributed by atoms with van der Waals surface area (Å²) in [4.78, 5) is 2.51. The second kappa shape index (κ2) is 6.68. The molecule has 1 N–H and O–H groups in total. The molecule has 1 aromatic heterocycles. The molecule has 2 aliphatic rings. The molecular weight excluding hydrogens is 300 g/mol. The molecule has 0 aliphatic carbocycles. The fraction of sp³-hybridized carbons (Fsp3) is 0.800. The van der Waals surface area contributed by atoms with Gasteiger partial charge in [0, 0.05) is 43.6 Å². The molecule has 3 rings (SSSR count). The summed E-state index contributed by atoms with van der Waals surface area (Å²) < 4.78 is 25.8. The van der Waals surface area contributed by atoms with Gasteiger partial charge in [0.05, 0.1) is 0 Å². The molecule has 0 spiro atoms. The molecule has 0 radical (unpaired) electrons. The minimum Gasteiger partial charge on any atom is -0.312 e. The van der Waals surface area contributed by atoms with Gasteiger partial charge in [-0.2, -0.15) is 5.10 Å². The monoisotopic (exact) mass is 326 g/mol. The fourth-order valence-corrected chi connectivity index (χ4v) is 4.38. The molecule has 7 heteroatoms. The van der Waals surface area contributed by atoms with Crippen LogP contribution in [0.1, 0.15) is 36.9 Å². The smallest absolute Gasteiger partial charge is 0.194 e. The van der Waals surface area contributed by atoms with Crippen molar-refractivity contribution in [3.8, 4) is 0 Å². The van der Waals surface area contributed by atoms with E-state index in [-0.39, 0.29) is 5.03 Å². The molecule has 0 saturated carbocycles. The van der Waals surface area contributed by atoms with E-state index in [1.807, 2.05) is 4.68 Å². The topological polar surface area (TPSA) is 67.2 Å². The fourth-order valence-electron chi connectivity index (χ4n) is 3.50. The van der Waals surface area contributed by atoms with Crippen LogP contribution in [-0.2, 0) is 29.3 Å². The van der Waals surface area contributed by atoms with Crippen LogP contribution in [0.15, 0.2) is 5.03 Å². The first kappa shape index (κ1) is 16.0. The van der Waals surface area contributed by atoms with Crippen LogP contribution in [0.25, 0.3) is 0 Å². The Morgan fingerprint density at radius 1 is 1.18 bits per heavy atom. The molecule has 0 aromatic carbocycles. The standard InChI is InChI=1S/C15H26N4O2S/c1-22(20,21)15-13-12-16-7-6-14(13)19(17-15)11-5-10-18-8-3-2-4-9-18/h16H,2-12H2,1H3. The van der Waals surface area contributed by atoms with Gasteiger partial charge in [-0.1, -0.05) is 6.42 Å². The predicted molar refractivity (Wildman–Crippen MR) is 85.7 cm³/mol. The van der Waals surface area contributed by atoms with E-state index in [9.17, 15) is 8.42 Å². The maximum absolute atomic E-state index is 11.9. The van der Waals surface area contributed by atoms with Crippen LogP contribution in [0, 0.1) is 0 Å². The summed E-state index contributed by atoms with van der Waals surface area (Å²) in [6, 6.07) is 0. The third kappa shape index (κ3) is 3.52. The number of sulfone groups is 1. The third-order valence-corrected chi connectivity index (χ3v) is 5.64. The SMILES string of the molecule is CS(=O)(=O)c1nn(CCCN2CCCCC2)c2c1CNCC2. The van der Waals surface area contributed by atoms with Gasteiger partial charge >= 0.3 is 0 Å². The van der Waals surface area contributed by atoms with Crippen LogP contribution >= 0.6 is 0 Å². The van der Waals surface area contributed by atoms with Gasteiger partial charge < -0.3 is 10.2 Å². The highest BCUT2D eigenvalue weighted by Crippen LogP contribution is 2.22. The van der Waals surface area contributed by atoms with Crippen molar-refractivity contribution in [1.29, 1.82) is 0 Å². The minimum absolute atomic E-state index is 0.271. The Labute approximate surface area is 132 Å². The summed E-state index contributed by atoms with van der Waals surface area (Å²) >= 11 is 0. The Bertz CT molecular complexity index is 618. The molecule has 1 aromatic rings. The molecule has 22 heavy (non-hydrogen) atoms. The minimum atomic E-state index is -3.25. The van der Waals surface area contributed by atoms with Gasteiger partial charge in [-0.3, -0.25) is 4.68 Å². The van der Waals surface area contributed by atoms with E-state index in [2.05, 4.69) is 15.3 Å².